The van der Waals surface area contributed by atoms with Crippen molar-refractivity contribution in [1.29, 1.82) is 0 Å². The van der Waals surface area contributed by atoms with E-state index >= 15 is 0 Å². The molecule has 0 bridgehead atoms. The molecule has 106 valence electrons. The van der Waals surface area contributed by atoms with Crippen molar-refractivity contribution >= 4 is 11.6 Å². The zero-order chi connectivity index (χ0) is 14.0. The van der Waals surface area contributed by atoms with Gasteiger partial charge in [-0.25, -0.2) is 0 Å². The normalized spacial score (nSPS) is 17.8. The summed E-state index contributed by atoms with van der Waals surface area (Å²) in [6.07, 6.45) is 2.70. The fourth-order valence-electron chi connectivity index (χ4n) is 2.23. The molecule has 1 atom stereocenters. The van der Waals surface area contributed by atoms with E-state index < -0.39 is 0 Å². The highest BCUT2D eigenvalue weighted by Crippen LogP contribution is 2.41. The lowest BCUT2D eigenvalue weighted by molar-refractivity contribution is 0.224. The first-order chi connectivity index (χ1) is 8.90. The first-order valence-electron chi connectivity index (χ1n) is 7.39. The quantitative estimate of drug-likeness (QED) is 0.767. The first kappa shape index (κ1) is 14.9. The Morgan fingerprint density at radius 2 is 1.79 bits per heavy atom. The van der Waals surface area contributed by atoms with Gasteiger partial charge in [0.05, 0.1) is 0 Å². The van der Waals surface area contributed by atoms with E-state index in [0.29, 0.717) is 17.4 Å². The second kappa shape index (κ2) is 5.85. The van der Waals surface area contributed by atoms with Crippen molar-refractivity contribution in [3.63, 3.8) is 0 Å². The van der Waals surface area contributed by atoms with Gasteiger partial charge in [-0.05, 0) is 47.8 Å². The van der Waals surface area contributed by atoms with E-state index in [1.165, 1.54) is 18.4 Å². The van der Waals surface area contributed by atoms with Crippen molar-refractivity contribution in [3.05, 3.63) is 34.9 Å². The summed E-state index contributed by atoms with van der Waals surface area (Å²) in [5, 5.41) is 4.62. The van der Waals surface area contributed by atoms with Crippen LogP contribution in [0.1, 0.15) is 52.1 Å². The maximum absolute atomic E-state index is 5.98. The minimum atomic E-state index is 0.333. The monoisotopic (exact) mass is 279 g/mol. The van der Waals surface area contributed by atoms with Crippen molar-refractivity contribution in [3.8, 4) is 0 Å². The summed E-state index contributed by atoms with van der Waals surface area (Å²) in [6, 6.07) is 8.83. The molecule has 0 saturated heterocycles. The molecule has 0 aromatic heterocycles. The lowest BCUT2D eigenvalue weighted by Crippen LogP contribution is -2.36. The molecule has 1 aromatic carbocycles. The van der Waals surface area contributed by atoms with Gasteiger partial charge in [0, 0.05) is 17.6 Å². The molecule has 0 aliphatic heterocycles. The van der Waals surface area contributed by atoms with Gasteiger partial charge in [0.15, 0.2) is 0 Å². The van der Waals surface area contributed by atoms with Crippen LogP contribution in [0, 0.1) is 17.3 Å². The predicted molar refractivity (Wildman–Crippen MR) is 83.5 cm³/mol. The lowest BCUT2D eigenvalue weighted by Gasteiger charge is -2.32. The summed E-state index contributed by atoms with van der Waals surface area (Å²) in [4.78, 5) is 0. The van der Waals surface area contributed by atoms with E-state index in [1.807, 2.05) is 12.1 Å². The molecule has 1 saturated carbocycles. The van der Waals surface area contributed by atoms with Crippen LogP contribution in [0.4, 0.5) is 0 Å². The van der Waals surface area contributed by atoms with Crippen LogP contribution in [-0.4, -0.2) is 6.54 Å². The van der Waals surface area contributed by atoms with Crippen molar-refractivity contribution in [2.45, 2.75) is 46.6 Å². The number of rotatable bonds is 6. The van der Waals surface area contributed by atoms with Gasteiger partial charge in [-0.1, -0.05) is 51.4 Å². The second-order valence-electron chi connectivity index (χ2n) is 6.89. The third-order valence-corrected chi connectivity index (χ3v) is 4.92. The molecule has 0 radical (unpaired) electrons. The standard InChI is InChI=1S/C17H26ClN/c1-12(2)17(3,4)11-19-16(13-5-6-13)14-7-9-15(18)10-8-14/h7-10,12-13,16,19H,5-6,11H2,1-4H3. The molecule has 1 aromatic rings. The maximum atomic E-state index is 5.98. The summed E-state index contributed by atoms with van der Waals surface area (Å²) in [5.74, 6) is 1.49. The van der Waals surface area contributed by atoms with E-state index in [0.717, 1.165) is 17.5 Å². The molecule has 19 heavy (non-hydrogen) atoms. The van der Waals surface area contributed by atoms with Crippen molar-refractivity contribution in [1.82, 2.24) is 5.32 Å². The molecule has 1 aliphatic rings. The zero-order valence-corrected chi connectivity index (χ0v) is 13.3. The van der Waals surface area contributed by atoms with Crippen LogP contribution in [0.2, 0.25) is 5.02 Å². The molecular weight excluding hydrogens is 254 g/mol. The summed E-state index contributed by atoms with van der Waals surface area (Å²) in [6.45, 7) is 10.4. The Morgan fingerprint density at radius 1 is 1.21 bits per heavy atom. The van der Waals surface area contributed by atoms with Crippen molar-refractivity contribution in [2.24, 2.45) is 17.3 Å². The van der Waals surface area contributed by atoms with Gasteiger partial charge in [0.25, 0.3) is 0 Å². The third kappa shape index (κ3) is 3.97. The van der Waals surface area contributed by atoms with Crippen LogP contribution in [0.3, 0.4) is 0 Å². The van der Waals surface area contributed by atoms with Crippen LogP contribution in [0.5, 0.6) is 0 Å². The molecule has 1 nitrogen and oxygen atoms in total. The number of hydrogen-bond acceptors (Lipinski definition) is 1. The number of hydrogen-bond donors (Lipinski definition) is 1. The molecule has 2 heteroatoms. The fourth-order valence-corrected chi connectivity index (χ4v) is 2.36. The van der Waals surface area contributed by atoms with Crippen LogP contribution < -0.4 is 5.32 Å². The molecule has 1 N–H and O–H groups in total. The van der Waals surface area contributed by atoms with E-state index in [2.05, 4.69) is 45.1 Å². The Morgan fingerprint density at radius 3 is 2.26 bits per heavy atom. The van der Waals surface area contributed by atoms with Gasteiger partial charge in [0.1, 0.15) is 0 Å². The van der Waals surface area contributed by atoms with Gasteiger partial charge in [-0.3, -0.25) is 0 Å². The molecule has 0 heterocycles. The van der Waals surface area contributed by atoms with Crippen molar-refractivity contribution < 1.29 is 0 Å². The van der Waals surface area contributed by atoms with Crippen LogP contribution in [0.25, 0.3) is 0 Å². The number of benzene rings is 1. The predicted octanol–water partition coefficient (Wildman–Crippen LogP) is 5.06. The van der Waals surface area contributed by atoms with Crippen molar-refractivity contribution in [2.75, 3.05) is 6.54 Å². The molecule has 0 spiro atoms. The minimum absolute atomic E-state index is 0.333. The van der Waals surface area contributed by atoms with E-state index in [1.54, 1.807) is 0 Å². The summed E-state index contributed by atoms with van der Waals surface area (Å²) in [5.41, 5.74) is 1.71. The van der Waals surface area contributed by atoms with E-state index in [4.69, 9.17) is 11.6 Å². The van der Waals surface area contributed by atoms with Gasteiger partial charge >= 0.3 is 0 Å². The Labute approximate surface area is 122 Å². The van der Waals surface area contributed by atoms with Gasteiger partial charge in [0.2, 0.25) is 0 Å². The largest absolute Gasteiger partial charge is 0.309 e. The number of nitrogens with one attached hydrogen (secondary N) is 1. The van der Waals surface area contributed by atoms with Gasteiger partial charge in [-0.2, -0.15) is 0 Å². The van der Waals surface area contributed by atoms with Crippen LogP contribution in [0.15, 0.2) is 24.3 Å². The molecular formula is C17H26ClN. The van der Waals surface area contributed by atoms with Crippen LogP contribution in [-0.2, 0) is 0 Å². The number of halogens is 1. The zero-order valence-electron chi connectivity index (χ0n) is 12.5. The first-order valence-corrected chi connectivity index (χ1v) is 7.77. The van der Waals surface area contributed by atoms with Gasteiger partial charge in [-0.15, -0.1) is 0 Å². The highest BCUT2D eigenvalue weighted by atomic mass is 35.5. The SMILES string of the molecule is CC(C)C(C)(C)CNC(c1ccc(Cl)cc1)C1CC1. The smallest absolute Gasteiger partial charge is 0.0406 e. The Balaban J connectivity index is 2.03. The molecule has 2 rings (SSSR count). The van der Waals surface area contributed by atoms with Gasteiger partial charge < -0.3 is 5.32 Å². The molecule has 1 unspecified atom stereocenters. The summed E-state index contributed by atoms with van der Waals surface area (Å²) in [7, 11) is 0. The topological polar surface area (TPSA) is 12.0 Å². The summed E-state index contributed by atoms with van der Waals surface area (Å²) < 4.78 is 0. The Bertz CT molecular complexity index is 404. The third-order valence-electron chi connectivity index (χ3n) is 4.66. The average Bonchev–Trinajstić information content (AvgIpc) is 3.16. The molecule has 0 amide bonds. The highest BCUT2D eigenvalue weighted by molar-refractivity contribution is 6.30. The lowest BCUT2D eigenvalue weighted by atomic mass is 9.81. The van der Waals surface area contributed by atoms with E-state index in [9.17, 15) is 0 Å². The highest BCUT2D eigenvalue weighted by Gasteiger charge is 2.33. The molecule has 1 fully saturated rings. The maximum Gasteiger partial charge on any atom is 0.0406 e. The minimum Gasteiger partial charge on any atom is -0.309 e. The summed E-state index contributed by atoms with van der Waals surface area (Å²) >= 11 is 5.98. The van der Waals surface area contributed by atoms with E-state index in [-0.39, 0.29) is 0 Å². The average molecular weight is 280 g/mol. The molecule has 1 aliphatic carbocycles. The second-order valence-corrected chi connectivity index (χ2v) is 7.33. The van der Waals surface area contributed by atoms with Crippen LogP contribution >= 0.6 is 11.6 Å². The Hall–Kier alpha value is -0.530. The Kier molecular flexibility index (Phi) is 4.58. The fraction of sp³-hybridized carbons (Fsp3) is 0.647.